The zero-order chi connectivity index (χ0) is 33.0. The van der Waals surface area contributed by atoms with E-state index in [4.69, 9.17) is 15.5 Å². The quantitative estimate of drug-likeness (QED) is 0.227. The molecule has 1 aliphatic heterocycles. The van der Waals surface area contributed by atoms with E-state index in [0.717, 1.165) is 36.3 Å². The summed E-state index contributed by atoms with van der Waals surface area (Å²) in [6.45, 7) is -0.986. The maximum atomic E-state index is 15.0. The van der Waals surface area contributed by atoms with Gasteiger partial charge in [0, 0.05) is 10.9 Å². The number of primary amides is 1. The molecule has 5 aromatic rings. The Morgan fingerprint density at radius 3 is 2.47 bits per heavy atom. The fourth-order valence-electron chi connectivity index (χ4n) is 5.66. The fourth-order valence-corrected chi connectivity index (χ4v) is 5.66. The molecule has 0 spiro atoms. The van der Waals surface area contributed by atoms with Crippen molar-refractivity contribution < 1.29 is 37.0 Å². The minimum Gasteiger partial charge on any atom is -0.423 e. The third-order valence-electron chi connectivity index (χ3n) is 8.05. The van der Waals surface area contributed by atoms with Crippen LogP contribution in [0.25, 0.3) is 22.2 Å². The van der Waals surface area contributed by atoms with Gasteiger partial charge in [0.2, 0.25) is 0 Å². The number of benzene rings is 1. The average molecular weight is 649 g/mol. The molecular formula is C31H24F4N8O4. The van der Waals surface area contributed by atoms with Gasteiger partial charge in [-0.2, -0.15) is 13.9 Å². The molecule has 47 heavy (non-hydrogen) atoms. The Labute approximate surface area is 262 Å². The molecule has 1 atom stereocenters. The molecule has 1 aliphatic carbocycles. The second-order valence-electron chi connectivity index (χ2n) is 11.3. The largest absolute Gasteiger partial charge is 0.482 e. The molecule has 4 aromatic heterocycles. The van der Waals surface area contributed by atoms with E-state index in [0.29, 0.717) is 23.2 Å². The first-order chi connectivity index (χ1) is 22.5. The Bertz CT molecular complexity index is 2030. The van der Waals surface area contributed by atoms with Gasteiger partial charge >= 0.3 is 12.0 Å². The summed E-state index contributed by atoms with van der Waals surface area (Å²) in [5, 5.41) is 15.1. The van der Waals surface area contributed by atoms with Crippen molar-refractivity contribution in [3.8, 4) is 16.9 Å². The molecule has 2 aliphatic rings. The van der Waals surface area contributed by atoms with Crippen LogP contribution in [-0.4, -0.2) is 59.4 Å². The van der Waals surface area contributed by atoms with Crippen molar-refractivity contribution in [3.05, 3.63) is 89.5 Å². The molecular weight excluding hydrogens is 624 g/mol. The summed E-state index contributed by atoms with van der Waals surface area (Å²) in [5.41, 5.74) is 7.27. The van der Waals surface area contributed by atoms with Crippen LogP contribution in [0.2, 0.25) is 0 Å². The van der Waals surface area contributed by atoms with Crippen LogP contribution in [-0.2, 0) is 17.8 Å². The smallest absolute Gasteiger partial charge is 0.423 e. The number of rotatable bonds is 9. The zero-order valence-corrected chi connectivity index (χ0v) is 24.3. The maximum Gasteiger partial charge on any atom is 0.482 e. The Kier molecular flexibility index (Phi) is 7.30. The number of aromatic nitrogens is 6. The summed E-state index contributed by atoms with van der Waals surface area (Å²) in [4.78, 5) is 42.9. The lowest BCUT2D eigenvalue weighted by molar-refractivity contribution is -0.193. The number of halogens is 4. The molecule has 7 rings (SSSR count). The van der Waals surface area contributed by atoms with Crippen molar-refractivity contribution >= 4 is 28.5 Å². The number of aliphatic hydroxyl groups is 1. The molecule has 1 aromatic carbocycles. The number of nitrogens with zero attached hydrogens (tertiary/aromatic N) is 7. The molecule has 1 fully saturated rings. The van der Waals surface area contributed by atoms with E-state index >= 15 is 0 Å². The van der Waals surface area contributed by atoms with Crippen LogP contribution in [0.1, 0.15) is 46.5 Å². The van der Waals surface area contributed by atoms with E-state index in [1.165, 1.54) is 41.2 Å². The van der Waals surface area contributed by atoms with E-state index in [-0.39, 0.29) is 39.8 Å². The molecule has 1 saturated carbocycles. The fraction of sp³-hybridized carbons (Fsp3) is 0.258. The van der Waals surface area contributed by atoms with Crippen molar-refractivity contribution in [3.63, 3.8) is 0 Å². The summed E-state index contributed by atoms with van der Waals surface area (Å²) in [7, 11) is 0. The van der Waals surface area contributed by atoms with Gasteiger partial charge in [0.25, 0.3) is 5.91 Å². The van der Waals surface area contributed by atoms with Gasteiger partial charge in [0.15, 0.2) is 17.2 Å². The number of carbonyl (C=O) groups is 2. The predicted molar refractivity (Wildman–Crippen MR) is 156 cm³/mol. The number of amides is 2. The van der Waals surface area contributed by atoms with Crippen molar-refractivity contribution in [2.24, 2.45) is 11.7 Å². The summed E-state index contributed by atoms with van der Waals surface area (Å²) in [6, 6.07) is 5.82. The normalized spacial score (nSPS) is 16.2. The molecule has 5 heterocycles. The van der Waals surface area contributed by atoms with Crippen LogP contribution >= 0.6 is 0 Å². The van der Waals surface area contributed by atoms with E-state index in [1.807, 2.05) is 0 Å². The van der Waals surface area contributed by atoms with Gasteiger partial charge in [0.1, 0.15) is 17.7 Å². The van der Waals surface area contributed by atoms with E-state index in [2.05, 4.69) is 20.1 Å². The lowest BCUT2D eigenvalue weighted by Gasteiger charge is -2.33. The third kappa shape index (κ3) is 5.49. The number of carbonyl (C=O) groups excluding carboxylic acids is 2. The van der Waals surface area contributed by atoms with Crippen LogP contribution in [0, 0.1) is 17.6 Å². The molecule has 3 N–H and O–H groups in total. The van der Waals surface area contributed by atoms with Gasteiger partial charge < -0.3 is 15.6 Å². The number of hydrogen-bond donors (Lipinski definition) is 2. The number of fused-ring (bicyclic) bond motifs is 2. The maximum absolute atomic E-state index is 15.0. The van der Waals surface area contributed by atoms with Crippen LogP contribution in [0.3, 0.4) is 0 Å². The first-order valence-corrected chi connectivity index (χ1v) is 14.5. The number of nitrogens with two attached hydrogens (primary N) is 1. The molecule has 0 saturated heterocycles. The van der Waals surface area contributed by atoms with Gasteiger partial charge in [-0.3, -0.25) is 19.5 Å². The third-order valence-corrected chi connectivity index (χ3v) is 8.05. The van der Waals surface area contributed by atoms with Gasteiger partial charge in [0.05, 0.1) is 60.6 Å². The van der Waals surface area contributed by atoms with Crippen LogP contribution in [0.4, 0.5) is 23.2 Å². The van der Waals surface area contributed by atoms with Crippen LogP contribution < -0.4 is 15.4 Å². The Morgan fingerprint density at radius 2 is 1.81 bits per heavy atom. The van der Waals surface area contributed by atoms with E-state index in [1.54, 1.807) is 0 Å². The topological polar surface area (TPSA) is 162 Å². The molecule has 16 heteroatoms. The highest BCUT2D eigenvalue weighted by atomic mass is 19.3. The average Bonchev–Trinajstić information content (AvgIpc) is 3.77. The highest BCUT2D eigenvalue weighted by Crippen LogP contribution is 2.45. The van der Waals surface area contributed by atoms with Crippen LogP contribution in [0.5, 0.6) is 5.75 Å². The highest BCUT2D eigenvalue weighted by Gasteiger charge is 2.51. The van der Waals surface area contributed by atoms with E-state index < -0.39 is 54.5 Å². The van der Waals surface area contributed by atoms with E-state index in [9.17, 15) is 32.3 Å². The lowest BCUT2D eigenvalue weighted by atomic mass is 9.93. The van der Waals surface area contributed by atoms with Crippen molar-refractivity contribution in [2.75, 3.05) is 11.5 Å². The molecule has 0 radical (unpaired) electrons. The van der Waals surface area contributed by atoms with Gasteiger partial charge in [-0.15, -0.1) is 0 Å². The highest BCUT2D eigenvalue weighted by molar-refractivity contribution is 6.09. The number of ether oxygens (including phenoxy) is 1. The lowest BCUT2D eigenvalue weighted by Crippen LogP contribution is -2.50. The first kappa shape index (κ1) is 30.2. The summed E-state index contributed by atoms with van der Waals surface area (Å²) < 4.78 is 63.2. The first-order valence-electron chi connectivity index (χ1n) is 14.5. The Morgan fingerprint density at radius 1 is 1.06 bits per heavy atom. The Hall–Kier alpha value is -5.51. The minimum absolute atomic E-state index is 0.0415. The molecule has 0 bridgehead atoms. The second kappa shape index (κ2) is 11.4. The van der Waals surface area contributed by atoms with Crippen molar-refractivity contribution in [2.45, 2.75) is 38.0 Å². The second-order valence-corrected chi connectivity index (χ2v) is 11.3. The van der Waals surface area contributed by atoms with Gasteiger partial charge in [-0.05, 0) is 55.0 Å². The molecule has 12 nitrogen and oxygen atoms in total. The monoisotopic (exact) mass is 648 g/mol. The number of aliphatic hydroxyl groups excluding tert-OH is 1. The number of alkyl halides is 2. The standard InChI is InChI=1S/C31H24F4N8O4/c32-17-4-5-20(37-9-17)23(14-44)43-29-19(12-40-43)26(27(28(36)45)21(41-29)7-15-1-2-15)16-3-6-22-24(8-16)47-31(34,35)30(46)42(22)13-25-38-10-18(33)11-39-25/h3-6,8-12,15,23,44H,1-2,7,13-14H2,(H2,36,45)/t23-/m1/s1. The number of pyridine rings is 2. The molecule has 240 valence electrons. The Balaban J connectivity index is 1.40. The van der Waals surface area contributed by atoms with Gasteiger partial charge in [-0.25, -0.2) is 28.4 Å². The summed E-state index contributed by atoms with van der Waals surface area (Å²) >= 11 is 0. The van der Waals surface area contributed by atoms with Crippen molar-refractivity contribution in [1.29, 1.82) is 0 Å². The zero-order valence-electron chi connectivity index (χ0n) is 24.3. The number of hydrogen-bond acceptors (Lipinski definition) is 9. The van der Waals surface area contributed by atoms with Crippen LogP contribution in [0.15, 0.2) is 55.1 Å². The molecule has 0 unspecified atom stereocenters. The summed E-state index contributed by atoms with van der Waals surface area (Å²) in [6.07, 6.45) is 2.04. The number of anilines is 1. The summed E-state index contributed by atoms with van der Waals surface area (Å²) in [5.74, 6) is -4.04. The minimum atomic E-state index is -4.27. The van der Waals surface area contributed by atoms with Gasteiger partial charge in [-0.1, -0.05) is 6.07 Å². The molecule has 2 amide bonds. The van der Waals surface area contributed by atoms with Crippen molar-refractivity contribution in [1.82, 2.24) is 29.7 Å². The SMILES string of the molecule is NC(=O)c1c(CC2CC2)nc2c(cnn2[C@H](CO)c2ccc(F)cn2)c1-c1ccc2c(c1)OC(F)(F)C(=O)N2Cc1ncc(F)cn1. The predicted octanol–water partition coefficient (Wildman–Crippen LogP) is 3.71.